The Morgan fingerprint density at radius 1 is 1.50 bits per heavy atom. The van der Waals surface area contributed by atoms with Crippen LogP contribution in [-0.4, -0.2) is 45.3 Å². The van der Waals surface area contributed by atoms with Crippen LogP contribution in [0, 0.1) is 5.41 Å². The largest absolute Gasteiger partial charge is 0.433 e. The van der Waals surface area contributed by atoms with E-state index >= 15 is 0 Å². The van der Waals surface area contributed by atoms with Crippen LogP contribution in [0.25, 0.3) is 0 Å². The number of rotatable bonds is 9. The molecule has 0 saturated carbocycles. The molecule has 0 aliphatic carbocycles. The number of ether oxygens (including phenoxy) is 4. The SMILES string of the molecule is C=CC(=O)OC(C)OCCOCC1(CC)COC1. The van der Waals surface area contributed by atoms with Crippen molar-refractivity contribution in [2.24, 2.45) is 5.41 Å². The molecule has 0 spiro atoms. The van der Waals surface area contributed by atoms with Crippen molar-refractivity contribution < 1.29 is 23.7 Å². The summed E-state index contributed by atoms with van der Waals surface area (Å²) in [4.78, 5) is 10.9. The fourth-order valence-electron chi connectivity index (χ4n) is 1.59. The van der Waals surface area contributed by atoms with E-state index in [9.17, 15) is 4.79 Å². The lowest BCUT2D eigenvalue weighted by Crippen LogP contribution is -2.45. The minimum absolute atomic E-state index is 0.195. The fourth-order valence-corrected chi connectivity index (χ4v) is 1.59. The Hall–Kier alpha value is -0.910. The van der Waals surface area contributed by atoms with Gasteiger partial charge in [0.25, 0.3) is 0 Å². The molecule has 0 aromatic carbocycles. The van der Waals surface area contributed by atoms with E-state index in [4.69, 9.17) is 18.9 Å². The van der Waals surface area contributed by atoms with Crippen molar-refractivity contribution in [1.29, 1.82) is 0 Å². The Morgan fingerprint density at radius 3 is 2.72 bits per heavy atom. The number of esters is 1. The van der Waals surface area contributed by atoms with Gasteiger partial charge in [-0.1, -0.05) is 13.5 Å². The number of carbonyl (C=O) groups excluding carboxylic acids is 1. The van der Waals surface area contributed by atoms with Crippen LogP contribution in [0.15, 0.2) is 12.7 Å². The summed E-state index contributed by atoms with van der Waals surface area (Å²) in [6.45, 7) is 10.2. The summed E-state index contributed by atoms with van der Waals surface area (Å²) >= 11 is 0. The summed E-state index contributed by atoms with van der Waals surface area (Å²) in [5.41, 5.74) is 0.195. The van der Waals surface area contributed by atoms with Crippen molar-refractivity contribution in [3.8, 4) is 0 Å². The Morgan fingerprint density at radius 2 is 2.22 bits per heavy atom. The molecule has 1 rings (SSSR count). The zero-order chi connectivity index (χ0) is 13.4. The molecular formula is C13H22O5. The summed E-state index contributed by atoms with van der Waals surface area (Å²) in [5, 5.41) is 0. The van der Waals surface area contributed by atoms with Gasteiger partial charge in [0, 0.05) is 11.5 Å². The van der Waals surface area contributed by atoms with Crippen LogP contribution in [0.4, 0.5) is 0 Å². The third-order valence-electron chi connectivity index (χ3n) is 3.00. The molecule has 1 saturated heterocycles. The predicted octanol–water partition coefficient (Wildman–Crippen LogP) is 1.52. The zero-order valence-corrected chi connectivity index (χ0v) is 11.1. The van der Waals surface area contributed by atoms with Crippen LogP contribution in [0.1, 0.15) is 20.3 Å². The van der Waals surface area contributed by atoms with E-state index in [2.05, 4.69) is 13.5 Å². The monoisotopic (exact) mass is 258 g/mol. The minimum Gasteiger partial charge on any atom is -0.433 e. The van der Waals surface area contributed by atoms with Crippen LogP contribution in [0.2, 0.25) is 0 Å². The highest BCUT2D eigenvalue weighted by Crippen LogP contribution is 2.31. The smallest absolute Gasteiger partial charge is 0.332 e. The van der Waals surface area contributed by atoms with Gasteiger partial charge in [0.2, 0.25) is 6.29 Å². The second kappa shape index (κ2) is 7.51. The van der Waals surface area contributed by atoms with Crippen molar-refractivity contribution in [1.82, 2.24) is 0 Å². The third-order valence-corrected chi connectivity index (χ3v) is 3.00. The predicted molar refractivity (Wildman–Crippen MR) is 66.1 cm³/mol. The standard InChI is InChI=1S/C13H22O5/c1-4-12(14)18-11(3)17-7-6-15-8-13(5-2)9-16-10-13/h4,11H,1,5-10H2,2-3H3. The second-order valence-electron chi connectivity index (χ2n) is 4.48. The molecule has 5 heteroatoms. The first kappa shape index (κ1) is 15.1. The topological polar surface area (TPSA) is 54.0 Å². The minimum atomic E-state index is -0.578. The average Bonchev–Trinajstić information content (AvgIpc) is 2.31. The average molecular weight is 258 g/mol. The molecule has 1 heterocycles. The van der Waals surface area contributed by atoms with Crippen LogP contribution in [0.3, 0.4) is 0 Å². The Kier molecular flexibility index (Phi) is 6.32. The summed E-state index contributed by atoms with van der Waals surface area (Å²) in [6, 6.07) is 0. The summed E-state index contributed by atoms with van der Waals surface area (Å²) < 4.78 is 20.9. The van der Waals surface area contributed by atoms with Crippen LogP contribution in [-0.2, 0) is 23.7 Å². The normalized spacial score (nSPS) is 18.8. The van der Waals surface area contributed by atoms with E-state index in [0.717, 1.165) is 25.7 Å². The molecule has 18 heavy (non-hydrogen) atoms. The second-order valence-corrected chi connectivity index (χ2v) is 4.48. The maximum Gasteiger partial charge on any atom is 0.332 e. The lowest BCUT2D eigenvalue weighted by Gasteiger charge is -2.40. The molecule has 104 valence electrons. The summed E-state index contributed by atoms with van der Waals surface area (Å²) in [5.74, 6) is -0.486. The molecule has 0 N–H and O–H groups in total. The maximum atomic E-state index is 10.9. The molecule has 1 fully saturated rings. The molecule has 1 aliphatic heterocycles. The van der Waals surface area contributed by atoms with Gasteiger partial charge in [-0.2, -0.15) is 0 Å². The number of hydrogen-bond acceptors (Lipinski definition) is 5. The first-order chi connectivity index (χ1) is 8.62. The van der Waals surface area contributed by atoms with Crippen LogP contribution < -0.4 is 0 Å². The van der Waals surface area contributed by atoms with Gasteiger partial charge in [-0.15, -0.1) is 0 Å². The van der Waals surface area contributed by atoms with Crippen molar-refractivity contribution in [3.05, 3.63) is 12.7 Å². The Bertz CT molecular complexity index is 267. The van der Waals surface area contributed by atoms with Gasteiger partial charge in [0.05, 0.1) is 33.0 Å². The van der Waals surface area contributed by atoms with E-state index in [1.807, 2.05) is 0 Å². The summed E-state index contributed by atoms with van der Waals surface area (Å²) in [7, 11) is 0. The van der Waals surface area contributed by atoms with Gasteiger partial charge in [-0.3, -0.25) is 0 Å². The van der Waals surface area contributed by atoms with Crippen molar-refractivity contribution in [3.63, 3.8) is 0 Å². The van der Waals surface area contributed by atoms with Gasteiger partial charge in [-0.05, 0) is 13.3 Å². The van der Waals surface area contributed by atoms with E-state index in [-0.39, 0.29) is 5.41 Å². The quantitative estimate of drug-likeness (QED) is 0.272. The molecule has 0 amide bonds. The molecule has 1 atom stereocenters. The number of hydrogen-bond donors (Lipinski definition) is 0. The first-order valence-corrected chi connectivity index (χ1v) is 6.22. The van der Waals surface area contributed by atoms with E-state index < -0.39 is 12.3 Å². The molecule has 5 nitrogen and oxygen atoms in total. The number of carbonyl (C=O) groups is 1. The summed E-state index contributed by atoms with van der Waals surface area (Å²) in [6.07, 6.45) is 1.59. The van der Waals surface area contributed by atoms with Gasteiger partial charge in [0.1, 0.15) is 0 Å². The highest BCUT2D eigenvalue weighted by molar-refractivity contribution is 5.81. The Balaban J connectivity index is 2.01. The van der Waals surface area contributed by atoms with Crippen molar-refractivity contribution >= 4 is 5.97 Å². The maximum absolute atomic E-state index is 10.9. The lowest BCUT2D eigenvalue weighted by molar-refractivity contribution is -0.177. The zero-order valence-electron chi connectivity index (χ0n) is 11.1. The first-order valence-electron chi connectivity index (χ1n) is 6.22. The molecule has 0 radical (unpaired) electrons. The fraction of sp³-hybridized carbons (Fsp3) is 0.769. The molecule has 1 unspecified atom stereocenters. The van der Waals surface area contributed by atoms with E-state index in [1.165, 1.54) is 0 Å². The van der Waals surface area contributed by atoms with E-state index in [1.54, 1.807) is 6.92 Å². The van der Waals surface area contributed by atoms with Gasteiger partial charge >= 0.3 is 5.97 Å². The Labute approximate surface area is 108 Å². The lowest BCUT2D eigenvalue weighted by atomic mass is 9.84. The van der Waals surface area contributed by atoms with Crippen molar-refractivity contribution in [2.45, 2.75) is 26.6 Å². The molecule has 0 aromatic rings. The third kappa shape index (κ3) is 4.76. The molecule has 0 aromatic heterocycles. The van der Waals surface area contributed by atoms with Gasteiger partial charge in [-0.25, -0.2) is 4.79 Å². The molecular weight excluding hydrogens is 236 g/mol. The molecule has 0 bridgehead atoms. The van der Waals surface area contributed by atoms with Gasteiger partial charge < -0.3 is 18.9 Å². The highest BCUT2D eigenvalue weighted by atomic mass is 16.7. The van der Waals surface area contributed by atoms with Crippen LogP contribution >= 0.6 is 0 Å². The van der Waals surface area contributed by atoms with Crippen molar-refractivity contribution in [2.75, 3.05) is 33.0 Å². The van der Waals surface area contributed by atoms with Gasteiger partial charge in [0.15, 0.2) is 0 Å². The molecule has 1 aliphatic rings. The van der Waals surface area contributed by atoms with Crippen LogP contribution in [0.5, 0.6) is 0 Å². The highest BCUT2D eigenvalue weighted by Gasteiger charge is 2.36. The van der Waals surface area contributed by atoms with E-state index in [0.29, 0.717) is 19.8 Å².